The van der Waals surface area contributed by atoms with Crippen molar-refractivity contribution in [2.45, 2.75) is 32.5 Å². The number of aliphatic imine (C=N–C) groups is 1. The van der Waals surface area contributed by atoms with Gasteiger partial charge >= 0.3 is 0 Å². The Bertz CT molecular complexity index is 371. The van der Waals surface area contributed by atoms with Crippen LogP contribution < -0.4 is 5.19 Å². The van der Waals surface area contributed by atoms with Crippen molar-refractivity contribution in [3.63, 3.8) is 0 Å². The smallest absolute Gasteiger partial charge is 0.0775 e. The Kier molecular flexibility index (Phi) is 2.78. The van der Waals surface area contributed by atoms with E-state index in [-0.39, 0.29) is 0 Å². The molecule has 1 aromatic rings. The van der Waals surface area contributed by atoms with E-state index in [0.717, 1.165) is 13.0 Å². The van der Waals surface area contributed by atoms with E-state index >= 15 is 0 Å². The largest absolute Gasteiger partial charge is 0.289 e. The van der Waals surface area contributed by atoms with Crippen LogP contribution >= 0.6 is 0 Å². The van der Waals surface area contributed by atoms with Crippen LogP contribution in [-0.2, 0) is 0 Å². The van der Waals surface area contributed by atoms with Gasteiger partial charge in [0.2, 0.25) is 0 Å². The summed E-state index contributed by atoms with van der Waals surface area (Å²) in [4.78, 5) is 4.53. The third kappa shape index (κ3) is 2.37. The van der Waals surface area contributed by atoms with Crippen molar-refractivity contribution in [2.24, 2.45) is 4.99 Å². The van der Waals surface area contributed by atoms with Crippen LogP contribution in [0.15, 0.2) is 29.3 Å². The van der Waals surface area contributed by atoms with Crippen molar-refractivity contribution < 1.29 is 0 Å². The SMILES string of the molecule is C[Si](C)(C)c1ccc(C2=NCCC2)cc1. The molecule has 1 aliphatic rings. The molecule has 0 aromatic heterocycles. The zero-order chi connectivity index (χ0) is 10.9. The van der Waals surface area contributed by atoms with E-state index in [2.05, 4.69) is 48.9 Å². The fraction of sp³-hybridized carbons (Fsp3) is 0.462. The summed E-state index contributed by atoms with van der Waals surface area (Å²) < 4.78 is 0. The summed E-state index contributed by atoms with van der Waals surface area (Å²) in [5, 5.41) is 1.53. The van der Waals surface area contributed by atoms with Crippen molar-refractivity contribution >= 4 is 19.0 Å². The number of hydrogen-bond donors (Lipinski definition) is 0. The lowest BCUT2D eigenvalue weighted by Gasteiger charge is -2.16. The minimum Gasteiger partial charge on any atom is -0.289 e. The first-order valence-electron chi connectivity index (χ1n) is 5.71. The molecule has 0 N–H and O–H groups in total. The van der Waals surface area contributed by atoms with E-state index in [4.69, 9.17) is 0 Å². The van der Waals surface area contributed by atoms with E-state index in [1.54, 1.807) is 0 Å². The van der Waals surface area contributed by atoms with Gasteiger partial charge in [-0.1, -0.05) is 49.1 Å². The van der Waals surface area contributed by atoms with E-state index in [1.165, 1.54) is 22.9 Å². The second kappa shape index (κ2) is 3.93. The highest BCUT2D eigenvalue weighted by Gasteiger charge is 2.16. The zero-order valence-electron chi connectivity index (χ0n) is 9.88. The maximum Gasteiger partial charge on any atom is 0.0775 e. The van der Waals surface area contributed by atoms with Crippen LogP contribution in [0, 0.1) is 0 Å². The molecule has 1 aliphatic heterocycles. The molecule has 0 fully saturated rings. The van der Waals surface area contributed by atoms with Gasteiger partial charge in [-0.3, -0.25) is 4.99 Å². The molecule has 1 aromatic carbocycles. The highest BCUT2D eigenvalue weighted by molar-refractivity contribution is 6.88. The summed E-state index contributed by atoms with van der Waals surface area (Å²) in [6.07, 6.45) is 2.39. The molecule has 2 rings (SSSR count). The van der Waals surface area contributed by atoms with E-state index < -0.39 is 8.07 Å². The maximum absolute atomic E-state index is 4.53. The van der Waals surface area contributed by atoms with Gasteiger partial charge in [0.05, 0.1) is 8.07 Å². The van der Waals surface area contributed by atoms with E-state index in [0.29, 0.717) is 0 Å². The van der Waals surface area contributed by atoms with Gasteiger partial charge in [-0.15, -0.1) is 0 Å². The molecule has 0 radical (unpaired) electrons. The number of rotatable bonds is 2. The average molecular weight is 217 g/mol. The summed E-state index contributed by atoms with van der Waals surface area (Å²) in [5.74, 6) is 0. The topological polar surface area (TPSA) is 12.4 Å². The minimum absolute atomic E-state index is 1.02. The Hall–Kier alpha value is -0.893. The van der Waals surface area contributed by atoms with Crippen molar-refractivity contribution in [3.8, 4) is 0 Å². The summed E-state index contributed by atoms with van der Waals surface area (Å²) in [7, 11) is -1.14. The molecule has 0 atom stereocenters. The first kappa shape index (κ1) is 10.6. The molecule has 0 amide bonds. The van der Waals surface area contributed by atoms with Crippen LogP contribution in [0.25, 0.3) is 0 Å². The van der Waals surface area contributed by atoms with Crippen molar-refractivity contribution in [2.75, 3.05) is 6.54 Å². The Morgan fingerprint density at radius 1 is 1.07 bits per heavy atom. The molecule has 0 saturated heterocycles. The summed E-state index contributed by atoms with van der Waals surface area (Å²) in [5.41, 5.74) is 2.63. The molecule has 80 valence electrons. The average Bonchev–Trinajstić information content (AvgIpc) is 2.69. The number of benzene rings is 1. The quantitative estimate of drug-likeness (QED) is 0.676. The van der Waals surface area contributed by atoms with Crippen molar-refractivity contribution in [1.29, 1.82) is 0 Å². The highest BCUT2D eigenvalue weighted by Crippen LogP contribution is 2.13. The molecule has 2 heteroatoms. The first-order chi connectivity index (χ1) is 7.07. The lowest BCUT2D eigenvalue weighted by atomic mass is 10.1. The lowest BCUT2D eigenvalue weighted by molar-refractivity contribution is 0.951. The molecular formula is C13H19NSi. The third-order valence-corrected chi connectivity index (χ3v) is 5.02. The van der Waals surface area contributed by atoms with Crippen molar-refractivity contribution in [1.82, 2.24) is 0 Å². The summed E-state index contributed by atoms with van der Waals surface area (Å²) in [6, 6.07) is 9.08. The molecule has 0 saturated carbocycles. The minimum atomic E-state index is -1.14. The summed E-state index contributed by atoms with van der Waals surface area (Å²) >= 11 is 0. The molecular weight excluding hydrogens is 198 g/mol. The van der Waals surface area contributed by atoms with Crippen LogP contribution in [0.1, 0.15) is 18.4 Å². The van der Waals surface area contributed by atoms with Crippen molar-refractivity contribution in [3.05, 3.63) is 29.8 Å². The molecule has 0 bridgehead atoms. The van der Waals surface area contributed by atoms with Gasteiger partial charge in [-0.05, 0) is 18.4 Å². The third-order valence-electron chi connectivity index (χ3n) is 2.96. The summed E-state index contributed by atoms with van der Waals surface area (Å²) in [6.45, 7) is 8.17. The molecule has 1 nitrogen and oxygen atoms in total. The maximum atomic E-state index is 4.53. The number of nitrogens with zero attached hydrogens (tertiary/aromatic N) is 1. The van der Waals surface area contributed by atoms with E-state index in [9.17, 15) is 0 Å². The Morgan fingerprint density at radius 3 is 2.20 bits per heavy atom. The van der Waals surface area contributed by atoms with Gasteiger partial charge in [0, 0.05) is 12.3 Å². The first-order valence-corrected chi connectivity index (χ1v) is 9.21. The van der Waals surface area contributed by atoms with Gasteiger partial charge in [0.25, 0.3) is 0 Å². The molecule has 0 spiro atoms. The Balaban J connectivity index is 2.24. The lowest BCUT2D eigenvalue weighted by Crippen LogP contribution is -2.37. The van der Waals surface area contributed by atoms with Gasteiger partial charge in [-0.2, -0.15) is 0 Å². The van der Waals surface area contributed by atoms with Gasteiger partial charge < -0.3 is 0 Å². The standard InChI is InChI=1S/C13H19NSi/c1-15(2,3)12-8-6-11(7-9-12)13-5-4-10-14-13/h6-9H,4-5,10H2,1-3H3. The monoisotopic (exact) mass is 217 g/mol. The van der Waals surface area contributed by atoms with Crippen LogP contribution in [0.4, 0.5) is 0 Å². The van der Waals surface area contributed by atoms with Gasteiger partial charge in [0.1, 0.15) is 0 Å². The van der Waals surface area contributed by atoms with Crippen LogP contribution in [0.5, 0.6) is 0 Å². The van der Waals surface area contributed by atoms with E-state index in [1.807, 2.05) is 0 Å². The van der Waals surface area contributed by atoms with Gasteiger partial charge in [-0.25, -0.2) is 0 Å². The molecule has 0 unspecified atom stereocenters. The molecule has 0 aliphatic carbocycles. The van der Waals surface area contributed by atoms with Crippen LogP contribution in [0.3, 0.4) is 0 Å². The molecule has 1 heterocycles. The predicted molar refractivity (Wildman–Crippen MR) is 70.1 cm³/mol. The van der Waals surface area contributed by atoms with Gasteiger partial charge in [0.15, 0.2) is 0 Å². The Labute approximate surface area is 93.3 Å². The second-order valence-corrected chi connectivity index (χ2v) is 10.3. The molecule has 15 heavy (non-hydrogen) atoms. The van der Waals surface area contributed by atoms with Crippen LogP contribution in [0.2, 0.25) is 19.6 Å². The second-order valence-electron chi connectivity index (χ2n) is 5.26. The zero-order valence-corrected chi connectivity index (χ0v) is 10.9. The number of hydrogen-bond acceptors (Lipinski definition) is 1. The highest BCUT2D eigenvalue weighted by atomic mass is 28.3. The predicted octanol–water partition coefficient (Wildman–Crippen LogP) is 2.81. The normalized spacial score (nSPS) is 16.6. The Morgan fingerprint density at radius 2 is 1.73 bits per heavy atom. The fourth-order valence-electron chi connectivity index (χ4n) is 1.94. The van der Waals surface area contributed by atoms with Crippen LogP contribution in [-0.4, -0.2) is 20.3 Å². The fourth-order valence-corrected chi connectivity index (χ4v) is 3.10.